The molecular weight excluding hydrogens is 228 g/mol. The van der Waals surface area contributed by atoms with Gasteiger partial charge in [0, 0.05) is 19.7 Å². The van der Waals surface area contributed by atoms with E-state index in [0.717, 1.165) is 12.1 Å². The molecule has 1 aromatic rings. The van der Waals surface area contributed by atoms with E-state index in [9.17, 15) is 13.6 Å². The van der Waals surface area contributed by atoms with E-state index in [4.69, 9.17) is 5.11 Å². The smallest absolute Gasteiger partial charge is 0.256 e. The summed E-state index contributed by atoms with van der Waals surface area (Å²) in [6, 6.07) is 2.83. The zero-order valence-electron chi connectivity index (χ0n) is 9.78. The van der Waals surface area contributed by atoms with Crippen molar-refractivity contribution in [3.05, 3.63) is 35.4 Å². The van der Waals surface area contributed by atoms with E-state index in [0.29, 0.717) is 19.0 Å². The van der Waals surface area contributed by atoms with Crippen LogP contribution in [0.25, 0.3) is 0 Å². The van der Waals surface area contributed by atoms with Crippen molar-refractivity contribution in [3.8, 4) is 0 Å². The van der Waals surface area contributed by atoms with Crippen LogP contribution in [0.3, 0.4) is 0 Å². The zero-order valence-corrected chi connectivity index (χ0v) is 9.78. The Bertz CT molecular complexity index is 407. The van der Waals surface area contributed by atoms with Crippen LogP contribution >= 0.6 is 0 Å². The number of rotatable bonds is 4. The van der Waals surface area contributed by atoms with Crippen LogP contribution in [0.1, 0.15) is 23.7 Å². The minimum atomic E-state index is -0.876. The molecule has 3 nitrogen and oxygen atoms in total. The SMILES string of the molecule is CC(O)CCN(C)C(=O)c1ccc(F)cc1F. The monoisotopic (exact) mass is 243 g/mol. The molecule has 1 unspecified atom stereocenters. The topological polar surface area (TPSA) is 40.5 Å². The number of halogens is 2. The maximum atomic E-state index is 13.3. The highest BCUT2D eigenvalue weighted by Crippen LogP contribution is 2.12. The molecule has 1 rings (SSSR count). The molecule has 0 aliphatic carbocycles. The Hall–Kier alpha value is -1.49. The van der Waals surface area contributed by atoms with Crippen molar-refractivity contribution in [1.82, 2.24) is 4.90 Å². The van der Waals surface area contributed by atoms with Crippen molar-refractivity contribution in [1.29, 1.82) is 0 Å². The minimum Gasteiger partial charge on any atom is -0.393 e. The van der Waals surface area contributed by atoms with Gasteiger partial charge in [0.1, 0.15) is 11.6 Å². The minimum absolute atomic E-state index is 0.167. The molecule has 0 aliphatic heterocycles. The molecule has 0 aromatic heterocycles. The van der Waals surface area contributed by atoms with Crippen LogP contribution in [-0.4, -0.2) is 35.6 Å². The van der Waals surface area contributed by atoms with Gasteiger partial charge < -0.3 is 10.0 Å². The summed E-state index contributed by atoms with van der Waals surface area (Å²) < 4.78 is 26.0. The van der Waals surface area contributed by atoms with Gasteiger partial charge in [-0.1, -0.05) is 0 Å². The molecule has 1 amide bonds. The molecule has 0 fully saturated rings. The summed E-state index contributed by atoms with van der Waals surface area (Å²) in [5, 5.41) is 9.08. The molecule has 17 heavy (non-hydrogen) atoms. The van der Waals surface area contributed by atoms with Crippen LogP contribution in [0, 0.1) is 11.6 Å². The van der Waals surface area contributed by atoms with Crippen LogP contribution in [0.2, 0.25) is 0 Å². The standard InChI is InChI=1S/C12H15F2NO2/c1-8(16)5-6-15(2)12(17)10-4-3-9(13)7-11(10)14/h3-4,7-8,16H,5-6H2,1-2H3. The van der Waals surface area contributed by atoms with Crippen molar-refractivity contribution in [3.63, 3.8) is 0 Å². The Morgan fingerprint density at radius 1 is 1.47 bits per heavy atom. The number of nitrogens with zero attached hydrogens (tertiary/aromatic N) is 1. The first-order valence-electron chi connectivity index (χ1n) is 5.30. The van der Waals surface area contributed by atoms with Gasteiger partial charge in [-0.25, -0.2) is 8.78 Å². The van der Waals surface area contributed by atoms with Gasteiger partial charge in [-0.2, -0.15) is 0 Å². The third-order valence-corrected chi connectivity index (χ3v) is 2.39. The quantitative estimate of drug-likeness (QED) is 0.876. The number of benzene rings is 1. The van der Waals surface area contributed by atoms with E-state index in [1.54, 1.807) is 6.92 Å². The number of hydrogen-bond acceptors (Lipinski definition) is 2. The van der Waals surface area contributed by atoms with E-state index in [2.05, 4.69) is 0 Å². The maximum absolute atomic E-state index is 13.3. The molecule has 1 N–H and O–H groups in total. The van der Waals surface area contributed by atoms with Crippen LogP contribution in [0.4, 0.5) is 8.78 Å². The Morgan fingerprint density at radius 3 is 2.65 bits per heavy atom. The molecule has 1 atom stereocenters. The zero-order chi connectivity index (χ0) is 13.0. The summed E-state index contributed by atoms with van der Waals surface area (Å²) >= 11 is 0. The molecular formula is C12H15F2NO2. The molecule has 5 heteroatoms. The highest BCUT2D eigenvalue weighted by atomic mass is 19.1. The second-order valence-corrected chi connectivity index (χ2v) is 3.99. The van der Waals surface area contributed by atoms with E-state index >= 15 is 0 Å². The van der Waals surface area contributed by atoms with Crippen molar-refractivity contribution in [2.75, 3.05) is 13.6 Å². The fourth-order valence-electron chi connectivity index (χ4n) is 1.35. The molecule has 0 bridgehead atoms. The highest BCUT2D eigenvalue weighted by Gasteiger charge is 2.16. The lowest BCUT2D eigenvalue weighted by Gasteiger charge is -2.18. The van der Waals surface area contributed by atoms with Gasteiger partial charge in [-0.3, -0.25) is 4.79 Å². The van der Waals surface area contributed by atoms with Crippen molar-refractivity contribution in [2.24, 2.45) is 0 Å². The highest BCUT2D eigenvalue weighted by molar-refractivity contribution is 5.94. The van der Waals surface area contributed by atoms with Gasteiger partial charge in [-0.15, -0.1) is 0 Å². The first kappa shape index (κ1) is 13.6. The molecule has 0 saturated carbocycles. The van der Waals surface area contributed by atoms with Crippen molar-refractivity contribution >= 4 is 5.91 Å². The Balaban J connectivity index is 2.75. The lowest BCUT2D eigenvalue weighted by atomic mass is 10.1. The molecule has 0 radical (unpaired) electrons. The lowest BCUT2D eigenvalue weighted by Crippen LogP contribution is -2.30. The molecule has 0 aliphatic rings. The van der Waals surface area contributed by atoms with Gasteiger partial charge in [0.2, 0.25) is 0 Å². The predicted molar refractivity (Wildman–Crippen MR) is 59.6 cm³/mol. The summed E-state index contributed by atoms with van der Waals surface area (Å²) in [6.07, 6.45) is -0.117. The first-order valence-corrected chi connectivity index (χ1v) is 5.30. The summed E-state index contributed by atoms with van der Waals surface area (Å²) in [7, 11) is 1.51. The van der Waals surface area contributed by atoms with Gasteiger partial charge in [0.25, 0.3) is 5.91 Å². The molecule has 94 valence electrons. The second kappa shape index (κ2) is 5.72. The van der Waals surface area contributed by atoms with Crippen LogP contribution in [-0.2, 0) is 0 Å². The van der Waals surface area contributed by atoms with Gasteiger partial charge >= 0.3 is 0 Å². The number of aliphatic hydroxyl groups is 1. The third-order valence-electron chi connectivity index (χ3n) is 2.39. The molecule has 0 saturated heterocycles. The largest absolute Gasteiger partial charge is 0.393 e. The van der Waals surface area contributed by atoms with Crippen LogP contribution in [0.5, 0.6) is 0 Å². The predicted octanol–water partition coefficient (Wildman–Crippen LogP) is 1.81. The number of hydrogen-bond donors (Lipinski definition) is 1. The molecule has 0 heterocycles. The van der Waals surface area contributed by atoms with Gasteiger partial charge in [0.05, 0.1) is 11.7 Å². The third kappa shape index (κ3) is 3.78. The normalized spacial score (nSPS) is 12.3. The average Bonchev–Trinajstić information content (AvgIpc) is 2.25. The van der Waals surface area contributed by atoms with Gasteiger partial charge in [-0.05, 0) is 25.5 Å². The number of carbonyl (C=O) groups is 1. The Labute approximate surface area is 98.7 Å². The lowest BCUT2D eigenvalue weighted by molar-refractivity contribution is 0.0764. The Morgan fingerprint density at radius 2 is 2.12 bits per heavy atom. The van der Waals surface area contributed by atoms with Crippen molar-refractivity contribution < 1.29 is 18.7 Å². The fraction of sp³-hybridized carbons (Fsp3) is 0.417. The summed E-state index contributed by atoms with van der Waals surface area (Å²) in [6.45, 7) is 1.92. The number of carbonyl (C=O) groups excluding carboxylic acids is 1. The van der Waals surface area contributed by atoms with E-state index in [-0.39, 0.29) is 5.56 Å². The summed E-state index contributed by atoms with van der Waals surface area (Å²) in [5.41, 5.74) is -0.167. The number of amides is 1. The van der Waals surface area contributed by atoms with E-state index in [1.807, 2.05) is 0 Å². The van der Waals surface area contributed by atoms with Gasteiger partial charge in [0.15, 0.2) is 0 Å². The van der Waals surface area contributed by atoms with E-state index < -0.39 is 23.6 Å². The van der Waals surface area contributed by atoms with Crippen LogP contribution in [0.15, 0.2) is 18.2 Å². The van der Waals surface area contributed by atoms with Crippen molar-refractivity contribution in [2.45, 2.75) is 19.4 Å². The molecule has 1 aromatic carbocycles. The Kier molecular flexibility index (Phi) is 4.57. The summed E-state index contributed by atoms with van der Waals surface area (Å²) in [5.74, 6) is -2.12. The first-order chi connectivity index (χ1) is 7.91. The van der Waals surface area contributed by atoms with Crippen LogP contribution < -0.4 is 0 Å². The molecule has 0 spiro atoms. The number of aliphatic hydroxyl groups excluding tert-OH is 1. The van der Waals surface area contributed by atoms with E-state index in [1.165, 1.54) is 11.9 Å². The fourth-order valence-corrected chi connectivity index (χ4v) is 1.35. The second-order valence-electron chi connectivity index (χ2n) is 3.99. The maximum Gasteiger partial charge on any atom is 0.256 e. The average molecular weight is 243 g/mol. The summed E-state index contributed by atoms with van der Waals surface area (Å²) in [4.78, 5) is 13.1.